The number of carbonyl (C=O) groups is 1. The number of hydrogen-bond donors (Lipinski definition) is 1. The molecule has 0 aliphatic rings. The molecule has 0 aromatic heterocycles. The third-order valence-electron chi connectivity index (χ3n) is 3.62. The number of aryl methyl sites for hydroxylation is 1. The van der Waals surface area contributed by atoms with Crippen LogP contribution in [-0.4, -0.2) is 33.7 Å². The predicted octanol–water partition coefficient (Wildman–Crippen LogP) is 2.34. The van der Waals surface area contributed by atoms with Crippen LogP contribution in [0.4, 0.5) is 10.1 Å². The lowest BCUT2D eigenvalue weighted by Gasteiger charge is -2.22. The monoisotopic (exact) mass is 364 g/mol. The van der Waals surface area contributed by atoms with Gasteiger partial charge in [0.25, 0.3) is 0 Å². The second-order valence-corrected chi connectivity index (χ2v) is 7.57. The number of rotatable bonds is 8. The highest BCUT2D eigenvalue weighted by atomic mass is 32.2. The van der Waals surface area contributed by atoms with Gasteiger partial charge >= 0.3 is 0 Å². The van der Waals surface area contributed by atoms with Crippen LogP contribution in [0.25, 0.3) is 0 Å². The first-order valence-corrected chi connectivity index (χ1v) is 9.75. The Hall–Kier alpha value is -2.41. The molecule has 0 fully saturated rings. The summed E-state index contributed by atoms with van der Waals surface area (Å²) in [5.41, 5.74) is 1.03. The first-order valence-electron chi connectivity index (χ1n) is 7.91. The topological polar surface area (TPSA) is 66.5 Å². The van der Waals surface area contributed by atoms with Crippen LogP contribution < -0.4 is 9.62 Å². The van der Waals surface area contributed by atoms with Gasteiger partial charge in [-0.1, -0.05) is 42.5 Å². The molecule has 2 rings (SSSR count). The van der Waals surface area contributed by atoms with Crippen molar-refractivity contribution in [2.75, 3.05) is 23.7 Å². The van der Waals surface area contributed by atoms with Crippen LogP contribution in [0.1, 0.15) is 12.0 Å². The number of carbonyl (C=O) groups excluding carboxylic acids is 1. The lowest BCUT2D eigenvalue weighted by atomic mass is 10.1. The molecule has 0 radical (unpaired) electrons. The Balaban J connectivity index is 1.91. The minimum Gasteiger partial charge on any atom is -0.355 e. The van der Waals surface area contributed by atoms with Gasteiger partial charge in [0.15, 0.2) is 0 Å². The molecule has 5 nitrogen and oxygen atoms in total. The highest BCUT2D eigenvalue weighted by Crippen LogP contribution is 2.20. The summed E-state index contributed by atoms with van der Waals surface area (Å²) in [4.78, 5) is 12.1. The molecule has 1 amide bonds. The van der Waals surface area contributed by atoms with Crippen LogP contribution in [-0.2, 0) is 21.2 Å². The van der Waals surface area contributed by atoms with Gasteiger partial charge in [0.1, 0.15) is 12.4 Å². The predicted molar refractivity (Wildman–Crippen MR) is 96.4 cm³/mol. The number of benzene rings is 2. The van der Waals surface area contributed by atoms with Gasteiger partial charge in [-0.3, -0.25) is 9.10 Å². The number of amides is 1. The number of nitrogens with zero attached hydrogens (tertiary/aromatic N) is 1. The normalized spacial score (nSPS) is 11.1. The van der Waals surface area contributed by atoms with E-state index in [0.29, 0.717) is 6.54 Å². The number of sulfonamides is 1. The Morgan fingerprint density at radius 2 is 1.72 bits per heavy atom. The minimum absolute atomic E-state index is 0.135. The van der Waals surface area contributed by atoms with Crippen molar-refractivity contribution in [1.29, 1.82) is 0 Å². The van der Waals surface area contributed by atoms with E-state index in [1.807, 2.05) is 30.3 Å². The number of anilines is 1. The van der Waals surface area contributed by atoms with Crippen LogP contribution >= 0.6 is 0 Å². The van der Waals surface area contributed by atoms with E-state index in [-0.39, 0.29) is 5.69 Å². The fraction of sp³-hybridized carbons (Fsp3) is 0.278. The molecule has 0 spiro atoms. The summed E-state index contributed by atoms with van der Waals surface area (Å²) in [6.45, 7) is -0.0340. The van der Waals surface area contributed by atoms with Gasteiger partial charge in [0.05, 0.1) is 11.9 Å². The van der Waals surface area contributed by atoms with Crippen LogP contribution in [0.2, 0.25) is 0 Å². The van der Waals surface area contributed by atoms with Gasteiger partial charge < -0.3 is 5.32 Å². The molecule has 0 saturated carbocycles. The third-order valence-corrected chi connectivity index (χ3v) is 4.74. The molecule has 134 valence electrons. The fourth-order valence-corrected chi connectivity index (χ4v) is 3.24. The maximum atomic E-state index is 13.9. The highest BCUT2D eigenvalue weighted by Gasteiger charge is 2.23. The molecule has 0 saturated heterocycles. The van der Waals surface area contributed by atoms with E-state index in [1.165, 1.54) is 23.8 Å². The van der Waals surface area contributed by atoms with Crippen LogP contribution in [0.3, 0.4) is 0 Å². The Kier molecular flexibility index (Phi) is 6.52. The van der Waals surface area contributed by atoms with E-state index in [1.54, 1.807) is 0 Å². The van der Waals surface area contributed by atoms with Gasteiger partial charge in [-0.25, -0.2) is 12.8 Å². The van der Waals surface area contributed by atoms with Crippen molar-refractivity contribution in [1.82, 2.24) is 5.32 Å². The van der Waals surface area contributed by atoms with E-state index in [2.05, 4.69) is 5.32 Å². The molecular formula is C18H21FN2O3S. The molecule has 7 heteroatoms. The standard InChI is InChI=1S/C18H21FN2O3S/c1-25(23,24)21(17-12-6-5-11-16(17)19)14-18(22)20-13-7-10-15-8-3-2-4-9-15/h2-6,8-9,11-12H,7,10,13-14H2,1H3,(H,20,22). The smallest absolute Gasteiger partial charge is 0.240 e. The van der Waals surface area contributed by atoms with E-state index in [9.17, 15) is 17.6 Å². The van der Waals surface area contributed by atoms with Crippen molar-refractivity contribution in [3.05, 3.63) is 66.0 Å². The summed E-state index contributed by atoms with van der Waals surface area (Å²) in [6.07, 6.45) is 2.49. The second-order valence-electron chi connectivity index (χ2n) is 5.66. The summed E-state index contributed by atoms with van der Waals surface area (Å²) >= 11 is 0. The van der Waals surface area contributed by atoms with Crippen molar-refractivity contribution in [2.24, 2.45) is 0 Å². The Labute approximate surface area is 147 Å². The first-order chi connectivity index (χ1) is 11.9. The molecular weight excluding hydrogens is 343 g/mol. The van der Waals surface area contributed by atoms with Crippen molar-refractivity contribution < 1.29 is 17.6 Å². The van der Waals surface area contributed by atoms with Gasteiger partial charge in [0, 0.05) is 6.54 Å². The van der Waals surface area contributed by atoms with E-state index >= 15 is 0 Å². The number of hydrogen-bond acceptors (Lipinski definition) is 3. The molecule has 0 heterocycles. The van der Waals surface area contributed by atoms with E-state index < -0.39 is 28.3 Å². The number of nitrogens with one attached hydrogen (secondary N) is 1. The highest BCUT2D eigenvalue weighted by molar-refractivity contribution is 7.92. The minimum atomic E-state index is -3.78. The molecule has 0 atom stereocenters. The lowest BCUT2D eigenvalue weighted by molar-refractivity contribution is -0.119. The maximum Gasteiger partial charge on any atom is 0.240 e. The molecule has 25 heavy (non-hydrogen) atoms. The third kappa shape index (κ3) is 5.86. The average Bonchev–Trinajstić information content (AvgIpc) is 2.57. The van der Waals surface area contributed by atoms with Gasteiger partial charge in [-0.05, 0) is 30.5 Å². The molecule has 0 unspecified atom stereocenters. The molecule has 0 bridgehead atoms. The molecule has 0 aliphatic carbocycles. The van der Waals surface area contributed by atoms with E-state index in [0.717, 1.165) is 29.5 Å². The van der Waals surface area contributed by atoms with Crippen LogP contribution in [0, 0.1) is 5.82 Å². The zero-order valence-corrected chi connectivity index (χ0v) is 14.8. The molecule has 2 aromatic carbocycles. The van der Waals surface area contributed by atoms with Crippen molar-refractivity contribution in [2.45, 2.75) is 12.8 Å². The second kappa shape index (κ2) is 8.62. The van der Waals surface area contributed by atoms with Crippen molar-refractivity contribution in [3.63, 3.8) is 0 Å². The van der Waals surface area contributed by atoms with Gasteiger partial charge in [-0.2, -0.15) is 0 Å². The zero-order chi connectivity index (χ0) is 18.3. The van der Waals surface area contributed by atoms with Crippen molar-refractivity contribution >= 4 is 21.6 Å². The summed E-state index contributed by atoms with van der Waals surface area (Å²) in [5, 5.41) is 2.68. The number of para-hydroxylation sites is 1. The average molecular weight is 364 g/mol. The number of halogens is 1. The summed E-state index contributed by atoms with van der Waals surface area (Å²) < 4.78 is 38.5. The lowest BCUT2D eigenvalue weighted by Crippen LogP contribution is -2.41. The Morgan fingerprint density at radius 3 is 2.36 bits per heavy atom. The fourth-order valence-electron chi connectivity index (χ4n) is 2.39. The molecule has 1 N–H and O–H groups in total. The Bertz CT molecular complexity index is 810. The zero-order valence-electron chi connectivity index (χ0n) is 14.0. The van der Waals surface area contributed by atoms with Crippen LogP contribution in [0.15, 0.2) is 54.6 Å². The van der Waals surface area contributed by atoms with Crippen LogP contribution in [0.5, 0.6) is 0 Å². The summed E-state index contributed by atoms with van der Waals surface area (Å²) in [5.74, 6) is -1.16. The summed E-state index contributed by atoms with van der Waals surface area (Å²) in [7, 11) is -3.78. The summed E-state index contributed by atoms with van der Waals surface area (Å²) in [6, 6.07) is 15.3. The maximum absolute atomic E-state index is 13.9. The molecule has 2 aromatic rings. The largest absolute Gasteiger partial charge is 0.355 e. The first kappa shape index (κ1) is 18.9. The van der Waals surface area contributed by atoms with Gasteiger partial charge in [0.2, 0.25) is 15.9 Å². The quantitative estimate of drug-likeness (QED) is 0.731. The van der Waals surface area contributed by atoms with E-state index in [4.69, 9.17) is 0 Å². The van der Waals surface area contributed by atoms with Crippen molar-refractivity contribution in [3.8, 4) is 0 Å². The molecule has 0 aliphatic heterocycles. The Morgan fingerprint density at radius 1 is 1.08 bits per heavy atom. The SMILES string of the molecule is CS(=O)(=O)N(CC(=O)NCCCc1ccccc1)c1ccccc1F. The van der Waals surface area contributed by atoms with Gasteiger partial charge in [-0.15, -0.1) is 0 Å².